The third-order valence-electron chi connectivity index (χ3n) is 9.35. The number of rotatable bonds is 12. The minimum absolute atomic E-state index is 0.213. The van der Waals surface area contributed by atoms with E-state index in [4.69, 9.17) is 39.5 Å². The van der Waals surface area contributed by atoms with E-state index in [2.05, 4.69) is 46.3 Å². The van der Waals surface area contributed by atoms with Crippen molar-refractivity contribution in [1.29, 1.82) is 0 Å². The van der Waals surface area contributed by atoms with Crippen molar-refractivity contribution < 1.29 is 19.4 Å². The van der Waals surface area contributed by atoms with Crippen molar-refractivity contribution in [3.05, 3.63) is 139 Å². The first-order chi connectivity index (χ1) is 29.9. The van der Waals surface area contributed by atoms with E-state index >= 15 is 0 Å². The lowest BCUT2D eigenvalue weighted by Crippen LogP contribution is -2.30. The van der Waals surface area contributed by atoms with Gasteiger partial charge in [0.15, 0.2) is 32.9 Å². The van der Waals surface area contributed by atoms with Crippen LogP contribution in [0.1, 0.15) is 42.5 Å². The molecule has 0 bridgehead atoms. The lowest BCUT2D eigenvalue weighted by molar-refractivity contribution is 0.0987. The maximum absolute atomic E-state index is 13.6. The number of para-hydroxylation sites is 2. The molecule has 8 rings (SSSR count). The van der Waals surface area contributed by atoms with Gasteiger partial charge >= 0.3 is 0 Å². The van der Waals surface area contributed by atoms with Crippen molar-refractivity contribution in [1.82, 2.24) is 30.4 Å². The summed E-state index contributed by atoms with van der Waals surface area (Å²) in [4.78, 5) is 39.2. The number of amides is 2. The predicted molar refractivity (Wildman–Crippen MR) is 247 cm³/mol. The molecule has 7 aromatic rings. The molecule has 2 amide bonds. The SMILES string of the molecule is COc1ccc(CN(C(=O)c2cnc(Nc3ccc(Cl)nn3)s2)c2c(C)cccc2Cl)cc1.Cc1cccc(Cl)c1NC(=O)c1cnc(Nc2ccc(N3CCC(O)C3)nn2)s1. The molecule has 0 radical (unpaired) electrons. The number of carbonyl (C=O) groups is 2. The van der Waals surface area contributed by atoms with Gasteiger partial charge < -0.3 is 35.6 Å². The van der Waals surface area contributed by atoms with Crippen LogP contribution in [0.5, 0.6) is 5.75 Å². The minimum atomic E-state index is -0.316. The van der Waals surface area contributed by atoms with Crippen LogP contribution >= 0.6 is 57.5 Å². The van der Waals surface area contributed by atoms with E-state index in [0.717, 1.165) is 41.2 Å². The zero-order chi connectivity index (χ0) is 43.8. The van der Waals surface area contributed by atoms with Crippen molar-refractivity contribution in [2.75, 3.05) is 45.9 Å². The van der Waals surface area contributed by atoms with Gasteiger partial charge in [-0.25, -0.2) is 9.97 Å². The molecule has 4 N–H and O–H groups in total. The maximum atomic E-state index is 13.6. The Labute approximate surface area is 379 Å². The zero-order valence-electron chi connectivity index (χ0n) is 33.3. The van der Waals surface area contributed by atoms with Gasteiger partial charge in [0.1, 0.15) is 15.5 Å². The fourth-order valence-corrected chi connectivity index (χ4v) is 8.39. The number of hydrogen-bond donors (Lipinski definition) is 4. The molecule has 318 valence electrons. The number of nitrogens with one attached hydrogen (secondary N) is 3. The molecule has 5 heterocycles. The average Bonchev–Trinajstić information content (AvgIpc) is 4.05. The Hall–Kier alpha value is -5.95. The van der Waals surface area contributed by atoms with E-state index in [-0.39, 0.29) is 17.9 Å². The molecule has 1 aliphatic rings. The molecule has 1 unspecified atom stereocenters. The molecule has 3 aromatic carbocycles. The number of nitrogens with zero attached hydrogens (tertiary/aromatic N) is 8. The molecule has 0 aliphatic carbocycles. The van der Waals surface area contributed by atoms with Crippen molar-refractivity contribution >= 4 is 108 Å². The largest absolute Gasteiger partial charge is 0.497 e. The summed E-state index contributed by atoms with van der Waals surface area (Å²) >= 11 is 20.9. The van der Waals surface area contributed by atoms with Crippen LogP contribution in [0.4, 0.5) is 39.1 Å². The van der Waals surface area contributed by atoms with Crippen molar-refractivity contribution in [3.8, 4) is 5.75 Å². The third-order valence-corrected chi connectivity index (χ3v) is 12.0. The van der Waals surface area contributed by atoms with Gasteiger partial charge in [0, 0.05) is 13.1 Å². The first-order valence-corrected chi connectivity index (χ1v) is 21.7. The first-order valence-electron chi connectivity index (χ1n) is 18.9. The van der Waals surface area contributed by atoms with E-state index < -0.39 is 0 Å². The normalized spacial score (nSPS) is 13.2. The van der Waals surface area contributed by atoms with Crippen molar-refractivity contribution in [2.24, 2.45) is 0 Å². The Kier molecular flexibility index (Phi) is 14.4. The van der Waals surface area contributed by atoms with Crippen LogP contribution in [0.3, 0.4) is 0 Å². The van der Waals surface area contributed by atoms with Gasteiger partial charge in [-0.3, -0.25) is 9.59 Å². The number of ether oxygens (including phenoxy) is 1. The van der Waals surface area contributed by atoms with Gasteiger partial charge in [0.05, 0.1) is 53.6 Å². The molecule has 1 aliphatic heterocycles. The molecule has 0 saturated carbocycles. The molecule has 1 atom stereocenters. The van der Waals surface area contributed by atoms with E-state index in [1.54, 1.807) is 42.3 Å². The molecular weight excluding hydrogens is 893 g/mol. The topological polar surface area (TPSA) is 184 Å². The number of aliphatic hydroxyl groups excluding tert-OH is 1. The van der Waals surface area contributed by atoms with Gasteiger partial charge in [-0.2, -0.15) is 0 Å². The summed E-state index contributed by atoms with van der Waals surface area (Å²) in [5, 5.41) is 37.0. The Morgan fingerprint density at radius 3 is 2.05 bits per heavy atom. The van der Waals surface area contributed by atoms with Gasteiger partial charge in [0.2, 0.25) is 0 Å². The van der Waals surface area contributed by atoms with E-state index in [9.17, 15) is 14.7 Å². The van der Waals surface area contributed by atoms with Crippen LogP contribution in [-0.4, -0.2) is 73.6 Å². The molecule has 1 fully saturated rings. The Morgan fingerprint density at radius 1 is 0.806 bits per heavy atom. The number of anilines is 7. The number of carbonyl (C=O) groups excluding carboxylic acids is 2. The number of methoxy groups -OCH3 is 1. The van der Waals surface area contributed by atoms with E-state index in [1.807, 2.05) is 73.3 Å². The fraction of sp³-hybridized carbons (Fsp3) is 0.190. The summed E-state index contributed by atoms with van der Waals surface area (Å²) in [5.41, 5.74) is 3.96. The third kappa shape index (κ3) is 11.1. The highest BCUT2D eigenvalue weighted by Crippen LogP contribution is 2.34. The summed E-state index contributed by atoms with van der Waals surface area (Å²) in [6, 6.07) is 25.5. The summed E-state index contributed by atoms with van der Waals surface area (Å²) in [6.45, 7) is 5.47. The number of halogens is 3. The minimum Gasteiger partial charge on any atom is -0.497 e. The quantitative estimate of drug-likeness (QED) is 0.0910. The van der Waals surface area contributed by atoms with Gasteiger partial charge in [-0.1, -0.05) is 93.9 Å². The highest BCUT2D eigenvalue weighted by Gasteiger charge is 2.25. The van der Waals surface area contributed by atoms with Crippen LogP contribution in [0.15, 0.2) is 97.3 Å². The van der Waals surface area contributed by atoms with Gasteiger partial charge in [-0.15, -0.1) is 20.4 Å². The number of hydrogen-bond acceptors (Lipinski definition) is 15. The zero-order valence-corrected chi connectivity index (χ0v) is 37.2. The van der Waals surface area contributed by atoms with E-state index in [1.165, 1.54) is 35.1 Å². The highest BCUT2D eigenvalue weighted by molar-refractivity contribution is 7.18. The van der Waals surface area contributed by atoms with Crippen molar-refractivity contribution in [2.45, 2.75) is 32.9 Å². The fourth-order valence-electron chi connectivity index (χ4n) is 6.21. The Balaban J connectivity index is 0.000000188. The first kappa shape index (κ1) is 44.1. The van der Waals surface area contributed by atoms with Crippen LogP contribution < -0.4 is 30.5 Å². The molecule has 62 heavy (non-hydrogen) atoms. The lowest BCUT2D eigenvalue weighted by atomic mass is 10.1. The van der Waals surface area contributed by atoms with Crippen LogP contribution in [-0.2, 0) is 6.54 Å². The number of benzene rings is 3. The Bertz CT molecular complexity index is 2610. The molecule has 20 heteroatoms. The second-order valence-corrected chi connectivity index (χ2v) is 17.0. The van der Waals surface area contributed by atoms with E-state index in [0.29, 0.717) is 71.3 Å². The summed E-state index contributed by atoms with van der Waals surface area (Å²) in [7, 11) is 1.61. The lowest BCUT2D eigenvalue weighted by Gasteiger charge is -2.25. The number of β-amino-alcohol motifs (C(OH)–C–C–N with tert-alkyl or cyclic N) is 1. The van der Waals surface area contributed by atoms with Crippen LogP contribution in [0.25, 0.3) is 0 Å². The number of aliphatic hydroxyl groups is 1. The standard InChI is InChI=1S/C23H19Cl2N5O2S.C19H19ClN6O2S/c1-14-4-3-5-17(24)21(14)30(13-15-6-8-16(32-2)9-7-15)22(31)18-12-26-23(33-18)27-20-11-10-19(25)28-29-20;1-11-3-2-4-13(20)17(11)23-18(28)14-9-21-19(29-14)22-15-5-6-16(25-24-15)26-8-7-12(27)10-26/h3-12H,13H2,1-2H3,(H,26,27,29);2-6,9,12,27H,7-8,10H2,1H3,(H,23,28)(H,21,22,24). The number of thiazole rings is 2. The molecule has 1 saturated heterocycles. The number of aryl methyl sites for hydroxylation is 2. The molecule has 15 nitrogen and oxygen atoms in total. The van der Waals surface area contributed by atoms with Gasteiger partial charge in [0.25, 0.3) is 11.8 Å². The highest BCUT2D eigenvalue weighted by atomic mass is 35.5. The molecular formula is C42H38Cl3N11O4S2. The second kappa shape index (κ2) is 20.3. The van der Waals surface area contributed by atoms with Crippen LogP contribution in [0.2, 0.25) is 15.2 Å². The molecule has 0 spiro atoms. The maximum Gasteiger partial charge on any atom is 0.270 e. The Morgan fingerprint density at radius 2 is 1.45 bits per heavy atom. The average molecular weight is 931 g/mol. The smallest absolute Gasteiger partial charge is 0.270 e. The number of aromatic nitrogens is 6. The van der Waals surface area contributed by atoms with Crippen molar-refractivity contribution in [3.63, 3.8) is 0 Å². The van der Waals surface area contributed by atoms with Crippen LogP contribution in [0, 0.1) is 13.8 Å². The second-order valence-electron chi connectivity index (χ2n) is 13.7. The summed E-state index contributed by atoms with van der Waals surface area (Å²) in [6.07, 6.45) is 3.46. The monoisotopic (exact) mass is 929 g/mol. The predicted octanol–water partition coefficient (Wildman–Crippen LogP) is 9.61. The summed E-state index contributed by atoms with van der Waals surface area (Å²) in [5.74, 6) is 1.98. The van der Waals surface area contributed by atoms with Gasteiger partial charge in [-0.05, 0) is 85.5 Å². The summed E-state index contributed by atoms with van der Waals surface area (Å²) < 4.78 is 5.24. The molecule has 4 aromatic heterocycles.